The normalized spacial score (nSPS) is 11.3. The third-order valence-corrected chi connectivity index (χ3v) is 2.10. The van der Waals surface area contributed by atoms with Gasteiger partial charge in [0.2, 0.25) is 0 Å². The van der Waals surface area contributed by atoms with Crippen molar-refractivity contribution in [2.45, 2.75) is 26.9 Å². The lowest BCUT2D eigenvalue weighted by Crippen LogP contribution is -2.20. The molecule has 0 aliphatic carbocycles. The molecule has 0 spiro atoms. The number of hydrogen-bond acceptors (Lipinski definition) is 5. The van der Waals surface area contributed by atoms with E-state index in [0.717, 1.165) is 19.7 Å². The minimum Gasteiger partial charge on any atom is -0.378 e. The molecule has 0 rings (SSSR count). The van der Waals surface area contributed by atoms with Crippen molar-refractivity contribution < 1.29 is 18.9 Å². The fourth-order valence-corrected chi connectivity index (χ4v) is 1.21. The van der Waals surface area contributed by atoms with E-state index < -0.39 is 0 Å². The van der Waals surface area contributed by atoms with E-state index in [1.54, 1.807) is 0 Å². The fraction of sp³-hybridized carbons (Fsp3) is 1.00. The lowest BCUT2D eigenvalue weighted by molar-refractivity contribution is -0.0114. The predicted octanol–water partition coefficient (Wildman–Crippen LogP) is 1.07. The average molecular weight is 263 g/mol. The van der Waals surface area contributed by atoms with E-state index in [0.29, 0.717) is 39.6 Å². The first-order valence-electron chi connectivity index (χ1n) is 6.83. The van der Waals surface area contributed by atoms with E-state index in [4.69, 9.17) is 18.9 Å². The summed E-state index contributed by atoms with van der Waals surface area (Å²) in [5.41, 5.74) is 0. The predicted molar refractivity (Wildman–Crippen MR) is 72.1 cm³/mol. The van der Waals surface area contributed by atoms with Crippen LogP contribution in [-0.4, -0.2) is 65.4 Å². The molecule has 0 aromatic carbocycles. The van der Waals surface area contributed by atoms with Gasteiger partial charge in [-0.15, -0.1) is 0 Å². The molecule has 0 atom stereocenters. The highest BCUT2D eigenvalue weighted by atomic mass is 16.6. The van der Waals surface area contributed by atoms with Crippen molar-refractivity contribution in [1.29, 1.82) is 0 Å². The van der Waals surface area contributed by atoms with Crippen LogP contribution in [0.1, 0.15) is 20.8 Å². The number of nitrogens with one attached hydrogen (secondary N) is 1. The van der Waals surface area contributed by atoms with Gasteiger partial charge in [0.15, 0.2) is 0 Å². The first-order chi connectivity index (χ1) is 8.77. The van der Waals surface area contributed by atoms with Crippen LogP contribution in [0.2, 0.25) is 0 Å². The van der Waals surface area contributed by atoms with Gasteiger partial charge in [-0.2, -0.15) is 0 Å². The zero-order valence-corrected chi connectivity index (χ0v) is 12.1. The Hall–Kier alpha value is -0.200. The summed E-state index contributed by atoms with van der Waals surface area (Å²) in [5, 5.41) is 3.19. The molecule has 0 saturated heterocycles. The maximum Gasteiger partial charge on any atom is 0.0703 e. The lowest BCUT2D eigenvalue weighted by Gasteiger charge is -2.08. The van der Waals surface area contributed by atoms with Crippen molar-refractivity contribution in [3.8, 4) is 0 Å². The fourth-order valence-electron chi connectivity index (χ4n) is 1.21. The monoisotopic (exact) mass is 263 g/mol. The molecule has 0 aromatic rings. The van der Waals surface area contributed by atoms with Gasteiger partial charge in [0, 0.05) is 6.54 Å². The van der Waals surface area contributed by atoms with Gasteiger partial charge >= 0.3 is 0 Å². The Morgan fingerprint density at radius 2 is 1.28 bits per heavy atom. The number of rotatable bonds is 14. The third-order valence-electron chi connectivity index (χ3n) is 2.10. The molecular formula is C13H29NO4. The molecule has 5 nitrogen and oxygen atoms in total. The molecule has 0 unspecified atom stereocenters. The van der Waals surface area contributed by atoms with Crippen LogP contribution < -0.4 is 5.32 Å². The summed E-state index contributed by atoms with van der Waals surface area (Å²) in [6.07, 6.45) is 0.268. The summed E-state index contributed by atoms with van der Waals surface area (Å²) >= 11 is 0. The minimum absolute atomic E-state index is 0.268. The summed E-state index contributed by atoms with van der Waals surface area (Å²) in [6.45, 7) is 12.5. The summed E-state index contributed by atoms with van der Waals surface area (Å²) in [7, 11) is 0. The number of likely N-dealkylation sites (N-methyl/N-ethyl adjacent to an activating group) is 1. The van der Waals surface area contributed by atoms with Crippen molar-refractivity contribution in [2.75, 3.05) is 59.3 Å². The van der Waals surface area contributed by atoms with Gasteiger partial charge in [-0.1, -0.05) is 6.92 Å². The van der Waals surface area contributed by atoms with Crippen LogP contribution in [0.15, 0.2) is 0 Å². The highest BCUT2D eigenvalue weighted by Gasteiger charge is 1.94. The highest BCUT2D eigenvalue weighted by Crippen LogP contribution is 1.87. The Bertz CT molecular complexity index is 156. The van der Waals surface area contributed by atoms with Crippen LogP contribution in [0, 0.1) is 0 Å². The molecule has 5 heteroatoms. The average Bonchev–Trinajstić information content (AvgIpc) is 2.34. The molecule has 0 saturated carbocycles. The van der Waals surface area contributed by atoms with Crippen LogP contribution in [0.25, 0.3) is 0 Å². The third kappa shape index (κ3) is 15.8. The standard InChI is InChI=1S/C13H29NO4/c1-4-14-5-6-15-7-8-16-9-10-17-11-12-18-13(2)3/h13-14H,4-12H2,1-3H3. The van der Waals surface area contributed by atoms with E-state index in [1.807, 2.05) is 13.8 Å². The highest BCUT2D eigenvalue weighted by molar-refractivity contribution is 4.40. The van der Waals surface area contributed by atoms with Crippen LogP contribution >= 0.6 is 0 Å². The molecule has 0 aromatic heterocycles. The molecule has 0 radical (unpaired) electrons. The maximum absolute atomic E-state index is 5.36. The van der Waals surface area contributed by atoms with E-state index in [1.165, 1.54) is 0 Å². The van der Waals surface area contributed by atoms with Crippen LogP contribution in [0.4, 0.5) is 0 Å². The van der Waals surface area contributed by atoms with E-state index in [9.17, 15) is 0 Å². The van der Waals surface area contributed by atoms with Gasteiger partial charge in [-0.3, -0.25) is 0 Å². The zero-order valence-electron chi connectivity index (χ0n) is 12.1. The molecule has 0 aliphatic rings. The quantitative estimate of drug-likeness (QED) is 0.475. The van der Waals surface area contributed by atoms with Crippen molar-refractivity contribution in [2.24, 2.45) is 0 Å². The maximum atomic E-state index is 5.36. The Morgan fingerprint density at radius 1 is 0.778 bits per heavy atom. The van der Waals surface area contributed by atoms with Gasteiger partial charge in [0.05, 0.1) is 52.4 Å². The molecule has 0 amide bonds. The second-order valence-electron chi connectivity index (χ2n) is 4.11. The Labute approximate surface area is 111 Å². The van der Waals surface area contributed by atoms with Crippen LogP contribution in [0.5, 0.6) is 0 Å². The summed E-state index contributed by atoms with van der Waals surface area (Å²) < 4.78 is 21.4. The Morgan fingerprint density at radius 3 is 1.78 bits per heavy atom. The summed E-state index contributed by atoms with van der Waals surface area (Å²) in [5.74, 6) is 0. The number of hydrogen-bond donors (Lipinski definition) is 1. The van der Waals surface area contributed by atoms with Gasteiger partial charge in [0.1, 0.15) is 0 Å². The first-order valence-corrected chi connectivity index (χ1v) is 6.83. The van der Waals surface area contributed by atoms with E-state index in [2.05, 4.69) is 12.2 Å². The Balaban J connectivity index is 2.90. The van der Waals surface area contributed by atoms with Crippen molar-refractivity contribution >= 4 is 0 Å². The van der Waals surface area contributed by atoms with E-state index >= 15 is 0 Å². The largest absolute Gasteiger partial charge is 0.378 e. The Kier molecular flexibility index (Phi) is 14.7. The second-order valence-corrected chi connectivity index (χ2v) is 4.11. The molecule has 18 heavy (non-hydrogen) atoms. The van der Waals surface area contributed by atoms with E-state index in [-0.39, 0.29) is 6.10 Å². The molecule has 110 valence electrons. The summed E-state index contributed by atoms with van der Waals surface area (Å²) in [4.78, 5) is 0. The van der Waals surface area contributed by atoms with Crippen molar-refractivity contribution in [3.05, 3.63) is 0 Å². The summed E-state index contributed by atoms with van der Waals surface area (Å²) in [6, 6.07) is 0. The first kappa shape index (κ1) is 17.8. The van der Waals surface area contributed by atoms with Crippen molar-refractivity contribution in [3.63, 3.8) is 0 Å². The van der Waals surface area contributed by atoms with Gasteiger partial charge in [-0.25, -0.2) is 0 Å². The smallest absolute Gasteiger partial charge is 0.0703 e. The topological polar surface area (TPSA) is 49.0 Å². The number of ether oxygens (including phenoxy) is 4. The lowest BCUT2D eigenvalue weighted by atomic mass is 10.5. The zero-order chi connectivity index (χ0) is 13.5. The van der Waals surface area contributed by atoms with Gasteiger partial charge in [0.25, 0.3) is 0 Å². The van der Waals surface area contributed by atoms with Gasteiger partial charge < -0.3 is 24.3 Å². The van der Waals surface area contributed by atoms with Crippen molar-refractivity contribution in [1.82, 2.24) is 5.32 Å². The van der Waals surface area contributed by atoms with Gasteiger partial charge in [-0.05, 0) is 20.4 Å². The molecule has 0 bridgehead atoms. The molecule has 1 N–H and O–H groups in total. The second kappa shape index (κ2) is 14.9. The molecule has 0 heterocycles. The molecular weight excluding hydrogens is 234 g/mol. The van der Waals surface area contributed by atoms with Crippen LogP contribution in [0.3, 0.4) is 0 Å². The molecule has 0 fully saturated rings. The SMILES string of the molecule is CCNCCOCCOCCOCCOC(C)C. The minimum atomic E-state index is 0.268. The molecule has 0 aliphatic heterocycles. The van der Waals surface area contributed by atoms with Crippen LogP contribution in [-0.2, 0) is 18.9 Å².